The van der Waals surface area contributed by atoms with E-state index in [1.165, 1.54) is 11.8 Å². The van der Waals surface area contributed by atoms with Crippen molar-refractivity contribution >= 4 is 29.1 Å². The normalized spacial score (nSPS) is 17.9. The quantitative estimate of drug-likeness (QED) is 0.592. The van der Waals surface area contributed by atoms with Crippen molar-refractivity contribution in [1.82, 2.24) is 15.2 Å². The van der Waals surface area contributed by atoms with E-state index in [2.05, 4.69) is 27.4 Å². The minimum absolute atomic E-state index is 0.505. The lowest BCUT2D eigenvalue weighted by atomic mass is 10.1. The van der Waals surface area contributed by atoms with Crippen LogP contribution in [0.5, 0.6) is 5.88 Å². The second kappa shape index (κ2) is 7.37. The van der Waals surface area contributed by atoms with Crippen molar-refractivity contribution in [2.45, 2.75) is 36.9 Å². The van der Waals surface area contributed by atoms with Crippen LogP contribution in [0.2, 0.25) is 5.02 Å². The standard InChI is InChI=1S/C20H19ClN4OS/c1-3-20(2)23-16-7-5-4-6-15(16)17-18(26-20)22-19(25-24-17)27-12-13-8-10-14(21)11-9-13/h4-11,23H,3,12H2,1-2H3/t20-/m1/s1. The van der Waals surface area contributed by atoms with Crippen LogP contribution in [0.25, 0.3) is 11.3 Å². The van der Waals surface area contributed by atoms with Gasteiger partial charge in [0.1, 0.15) is 0 Å². The van der Waals surface area contributed by atoms with Crippen LogP contribution >= 0.6 is 23.4 Å². The van der Waals surface area contributed by atoms with Gasteiger partial charge in [-0.1, -0.05) is 60.6 Å². The summed E-state index contributed by atoms with van der Waals surface area (Å²) in [4.78, 5) is 4.65. The number of hydrogen-bond donors (Lipinski definition) is 1. The summed E-state index contributed by atoms with van der Waals surface area (Å²) < 4.78 is 6.23. The first-order valence-electron chi connectivity index (χ1n) is 8.75. The zero-order valence-corrected chi connectivity index (χ0v) is 16.6. The highest BCUT2D eigenvalue weighted by molar-refractivity contribution is 7.98. The molecule has 2 heterocycles. The van der Waals surface area contributed by atoms with Crippen LogP contribution in [0.3, 0.4) is 0 Å². The first kappa shape index (κ1) is 18.1. The molecule has 1 N–H and O–H groups in total. The topological polar surface area (TPSA) is 59.9 Å². The van der Waals surface area contributed by atoms with Gasteiger partial charge in [-0.2, -0.15) is 4.98 Å². The van der Waals surface area contributed by atoms with Gasteiger partial charge in [-0.15, -0.1) is 10.2 Å². The summed E-state index contributed by atoms with van der Waals surface area (Å²) in [6.45, 7) is 4.09. The van der Waals surface area contributed by atoms with E-state index in [1.54, 1.807) is 0 Å². The summed E-state index contributed by atoms with van der Waals surface area (Å²) >= 11 is 7.46. The third kappa shape index (κ3) is 3.87. The number of nitrogens with one attached hydrogen (secondary N) is 1. The van der Waals surface area contributed by atoms with Gasteiger partial charge >= 0.3 is 0 Å². The van der Waals surface area contributed by atoms with E-state index < -0.39 is 5.72 Å². The van der Waals surface area contributed by atoms with Gasteiger partial charge in [0.05, 0.1) is 0 Å². The van der Waals surface area contributed by atoms with Gasteiger partial charge in [0, 0.05) is 28.4 Å². The summed E-state index contributed by atoms with van der Waals surface area (Å²) in [5.74, 6) is 1.24. The number of anilines is 1. The molecule has 138 valence electrons. The average molecular weight is 399 g/mol. The number of halogens is 1. The summed E-state index contributed by atoms with van der Waals surface area (Å²) in [5.41, 5.74) is 3.16. The third-order valence-electron chi connectivity index (χ3n) is 4.49. The van der Waals surface area contributed by atoms with E-state index >= 15 is 0 Å². The number of para-hydroxylation sites is 1. The smallest absolute Gasteiger partial charge is 0.247 e. The zero-order valence-electron chi connectivity index (χ0n) is 15.1. The molecule has 27 heavy (non-hydrogen) atoms. The fraction of sp³-hybridized carbons (Fsp3) is 0.250. The summed E-state index contributed by atoms with van der Waals surface area (Å²) in [6.07, 6.45) is 0.776. The maximum Gasteiger partial charge on any atom is 0.247 e. The molecule has 5 nitrogen and oxygen atoms in total. The van der Waals surface area contributed by atoms with Gasteiger partial charge < -0.3 is 10.1 Å². The molecule has 0 spiro atoms. The molecule has 7 heteroatoms. The minimum atomic E-state index is -0.560. The Bertz CT molecular complexity index is 966. The molecular weight excluding hydrogens is 380 g/mol. The number of hydrogen-bond acceptors (Lipinski definition) is 6. The molecule has 1 atom stereocenters. The lowest BCUT2D eigenvalue weighted by Crippen LogP contribution is -2.40. The molecule has 3 aromatic rings. The van der Waals surface area contributed by atoms with E-state index in [9.17, 15) is 0 Å². The van der Waals surface area contributed by atoms with Crippen LogP contribution in [0.1, 0.15) is 25.8 Å². The molecule has 4 rings (SSSR count). The molecule has 1 aromatic heterocycles. The molecule has 0 amide bonds. The minimum Gasteiger partial charge on any atom is -0.450 e. The van der Waals surface area contributed by atoms with Gasteiger partial charge in [-0.25, -0.2) is 0 Å². The van der Waals surface area contributed by atoms with Crippen molar-refractivity contribution in [3.05, 3.63) is 59.1 Å². The van der Waals surface area contributed by atoms with Crippen molar-refractivity contribution in [3.8, 4) is 17.1 Å². The zero-order chi connectivity index (χ0) is 18.9. The molecular formula is C20H19ClN4OS. The lowest BCUT2D eigenvalue weighted by molar-refractivity contribution is 0.109. The predicted octanol–water partition coefficient (Wildman–Crippen LogP) is 5.41. The predicted molar refractivity (Wildman–Crippen MR) is 109 cm³/mol. The number of ether oxygens (including phenoxy) is 1. The lowest BCUT2D eigenvalue weighted by Gasteiger charge is -2.29. The van der Waals surface area contributed by atoms with E-state index in [0.29, 0.717) is 16.7 Å². The molecule has 0 saturated heterocycles. The Morgan fingerprint density at radius 1 is 1.11 bits per heavy atom. The van der Waals surface area contributed by atoms with E-state index in [-0.39, 0.29) is 0 Å². The first-order chi connectivity index (χ1) is 13.1. The van der Waals surface area contributed by atoms with Gasteiger partial charge in [-0.3, -0.25) is 0 Å². The Morgan fingerprint density at radius 3 is 2.67 bits per heavy atom. The average Bonchev–Trinajstić information content (AvgIpc) is 2.81. The maximum absolute atomic E-state index is 6.23. The SMILES string of the molecule is CC[C@]1(C)Nc2ccccc2-c2nnc(SCc3ccc(Cl)cc3)nc2O1. The second-order valence-electron chi connectivity index (χ2n) is 6.52. The monoisotopic (exact) mass is 398 g/mol. The maximum atomic E-state index is 6.23. The van der Waals surface area contributed by atoms with Crippen LogP contribution < -0.4 is 10.1 Å². The van der Waals surface area contributed by atoms with Crippen molar-refractivity contribution in [3.63, 3.8) is 0 Å². The van der Waals surface area contributed by atoms with Gasteiger partial charge in [0.2, 0.25) is 11.0 Å². The van der Waals surface area contributed by atoms with Crippen LogP contribution in [0.4, 0.5) is 5.69 Å². The van der Waals surface area contributed by atoms with Crippen molar-refractivity contribution in [1.29, 1.82) is 0 Å². The van der Waals surface area contributed by atoms with Crippen molar-refractivity contribution in [2.24, 2.45) is 0 Å². The Morgan fingerprint density at radius 2 is 1.89 bits per heavy atom. The fourth-order valence-electron chi connectivity index (χ4n) is 2.81. The van der Waals surface area contributed by atoms with Crippen LogP contribution in [-0.2, 0) is 5.75 Å². The molecule has 0 aliphatic carbocycles. The van der Waals surface area contributed by atoms with Crippen LogP contribution in [0.15, 0.2) is 53.7 Å². The van der Waals surface area contributed by atoms with Gasteiger partial charge in [0.15, 0.2) is 11.4 Å². The summed E-state index contributed by atoms with van der Waals surface area (Å²) in [5, 5.41) is 13.5. The molecule has 0 radical (unpaired) electrons. The Labute approximate surface area is 167 Å². The highest BCUT2D eigenvalue weighted by atomic mass is 35.5. The number of thioether (sulfide) groups is 1. The summed E-state index contributed by atoms with van der Waals surface area (Å²) in [6, 6.07) is 15.7. The number of benzene rings is 2. The Hall–Kier alpha value is -2.31. The van der Waals surface area contributed by atoms with Gasteiger partial charge in [-0.05, 0) is 30.7 Å². The molecule has 0 saturated carbocycles. The number of aromatic nitrogens is 3. The molecule has 0 fully saturated rings. The van der Waals surface area contributed by atoms with E-state index in [1.807, 2.05) is 55.5 Å². The summed E-state index contributed by atoms with van der Waals surface area (Å²) in [7, 11) is 0. The van der Waals surface area contributed by atoms with E-state index in [0.717, 1.165) is 34.0 Å². The van der Waals surface area contributed by atoms with E-state index in [4.69, 9.17) is 16.3 Å². The molecule has 0 bridgehead atoms. The molecule has 2 aromatic carbocycles. The highest BCUT2D eigenvalue weighted by Gasteiger charge is 2.32. The Balaban J connectivity index is 1.65. The van der Waals surface area contributed by atoms with Gasteiger partial charge in [0.25, 0.3) is 0 Å². The number of nitrogens with zero attached hydrogens (tertiary/aromatic N) is 3. The van der Waals surface area contributed by atoms with Crippen molar-refractivity contribution in [2.75, 3.05) is 5.32 Å². The largest absolute Gasteiger partial charge is 0.450 e. The molecule has 1 aliphatic heterocycles. The fourth-order valence-corrected chi connectivity index (χ4v) is 3.67. The number of rotatable bonds is 4. The van der Waals surface area contributed by atoms with Crippen LogP contribution in [-0.4, -0.2) is 20.9 Å². The second-order valence-corrected chi connectivity index (χ2v) is 7.90. The Kier molecular flexibility index (Phi) is 4.93. The molecule has 0 unspecified atom stereocenters. The van der Waals surface area contributed by atoms with Crippen molar-refractivity contribution < 1.29 is 4.74 Å². The number of fused-ring (bicyclic) bond motifs is 3. The van der Waals surface area contributed by atoms with Crippen LogP contribution in [0, 0.1) is 0 Å². The molecule has 1 aliphatic rings. The highest BCUT2D eigenvalue weighted by Crippen LogP contribution is 2.39. The third-order valence-corrected chi connectivity index (χ3v) is 5.66. The first-order valence-corrected chi connectivity index (χ1v) is 10.1.